The standard InChI is InChI=1S/C34H42N6O4S/c1-7-34(31(41)42)12-9-10-23(11-13-34)15-22(5)36-19-25(14-21(3)4)24-16-26(27-18-29(44-6)38-20-37-27)30-28(17-24)39-33(45-30)40-32(43)35-8-2/h14,16-20,23H,3,5,7-13,15H2,1-2,4,6H3,(H,41,42)(H2,35,39,40,43). The molecule has 45 heavy (non-hydrogen) atoms. The lowest BCUT2D eigenvalue weighted by molar-refractivity contribution is -0.150. The number of ether oxygens (including phenoxy) is 1. The number of carboxylic acids is 1. The zero-order valence-electron chi connectivity index (χ0n) is 26.5. The highest BCUT2D eigenvalue weighted by molar-refractivity contribution is 7.22. The summed E-state index contributed by atoms with van der Waals surface area (Å²) in [6, 6.07) is 5.41. The Labute approximate surface area is 268 Å². The maximum atomic E-state index is 12.2. The van der Waals surface area contributed by atoms with E-state index in [2.05, 4.69) is 33.8 Å². The van der Waals surface area contributed by atoms with Crippen LogP contribution in [-0.4, -0.2) is 51.9 Å². The molecule has 2 aromatic heterocycles. The van der Waals surface area contributed by atoms with Crippen LogP contribution >= 0.6 is 11.3 Å². The fraction of sp³-hybridized carbons (Fsp3) is 0.412. The molecule has 4 rings (SSSR count). The number of nitrogens with one attached hydrogen (secondary N) is 2. The maximum absolute atomic E-state index is 12.2. The average Bonchev–Trinajstić information content (AvgIpc) is 3.29. The van der Waals surface area contributed by atoms with Gasteiger partial charge in [-0.2, -0.15) is 0 Å². The molecule has 2 heterocycles. The number of rotatable bonds is 12. The van der Waals surface area contributed by atoms with E-state index in [1.165, 1.54) is 17.7 Å². The minimum Gasteiger partial charge on any atom is -0.481 e. The Morgan fingerprint density at radius 1 is 1.20 bits per heavy atom. The first-order chi connectivity index (χ1) is 21.6. The molecule has 0 bridgehead atoms. The molecule has 1 fully saturated rings. The fourth-order valence-electron chi connectivity index (χ4n) is 5.75. The Morgan fingerprint density at radius 3 is 2.69 bits per heavy atom. The number of hydrogen-bond acceptors (Lipinski definition) is 8. The van der Waals surface area contributed by atoms with Gasteiger partial charge in [0, 0.05) is 35.7 Å². The van der Waals surface area contributed by atoms with E-state index in [4.69, 9.17) is 14.7 Å². The van der Waals surface area contributed by atoms with Crippen LogP contribution in [0, 0.1) is 11.3 Å². The van der Waals surface area contributed by atoms with E-state index < -0.39 is 11.4 Å². The molecule has 11 heteroatoms. The lowest BCUT2D eigenvalue weighted by Gasteiger charge is -2.26. The summed E-state index contributed by atoms with van der Waals surface area (Å²) in [4.78, 5) is 42.4. The van der Waals surface area contributed by atoms with Crippen molar-refractivity contribution in [3.63, 3.8) is 0 Å². The normalized spacial score (nSPS) is 18.8. The van der Waals surface area contributed by atoms with E-state index in [0.717, 1.165) is 58.4 Å². The molecule has 1 saturated carbocycles. The smallest absolute Gasteiger partial charge is 0.321 e. The Kier molecular flexibility index (Phi) is 11.2. The van der Waals surface area contributed by atoms with E-state index in [-0.39, 0.29) is 6.03 Å². The van der Waals surface area contributed by atoms with Gasteiger partial charge in [0.15, 0.2) is 5.13 Å². The minimum absolute atomic E-state index is 0.326. The number of allylic oxidation sites excluding steroid dienone is 4. The number of amides is 2. The van der Waals surface area contributed by atoms with Crippen molar-refractivity contribution in [1.82, 2.24) is 20.3 Å². The molecule has 238 valence electrons. The number of methoxy groups -OCH3 is 1. The van der Waals surface area contributed by atoms with Crippen LogP contribution < -0.4 is 15.4 Å². The molecular formula is C34H42N6O4S. The number of aliphatic imine (C=N–C) groups is 1. The van der Waals surface area contributed by atoms with Gasteiger partial charge in [-0.05, 0) is 69.6 Å². The van der Waals surface area contributed by atoms with Crippen LogP contribution in [0.25, 0.3) is 27.0 Å². The van der Waals surface area contributed by atoms with Crippen molar-refractivity contribution in [3.8, 4) is 17.1 Å². The number of urea groups is 1. The van der Waals surface area contributed by atoms with Crippen molar-refractivity contribution in [2.75, 3.05) is 19.0 Å². The van der Waals surface area contributed by atoms with Crippen molar-refractivity contribution < 1.29 is 19.4 Å². The summed E-state index contributed by atoms with van der Waals surface area (Å²) in [6.07, 6.45) is 10.7. The van der Waals surface area contributed by atoms with Gasteiger partial charge in [-0.1, -0.05) is 55.9 Å². The second-order valence-electron chi connectivity index (χ2n) is 11.5. The number of thiazole rings is 1. The molecule has 2 unspecified atom stereocenters. The predicted octanol–water partition coefficient (Wildman–Crippen LogP) is 7.90. The SMILES string of the molecule is C=C(C)C=C(C=NC(=C)CC1CCCC(CC)(C(=O)O)CC1)c1cc(-c2cc(OC)ncn2)c2sc(NC(=O)NCC)nc2c1. The van der Waals surface area contributed by atoms with Gasteiger partial charge in [-0.25, -0.2) is 19.7 Å². The van der Waals surface area contributed by atoms with Crippen molar-refractivity contribution in [2.24, 2.45) is 16.3 Å². The van der Waals surface area contributed by atoms with E-state index in [9.17, 15) is 14.7 Å². The Morgan fingerprint density at radius 2 is 2.00 bits per heavy atom. The third-order valence-electron chi connectivity index (χ3n) is 8.25. The highest BCUT2D eigenvalue weighted by atomic mass is 32.1. The molecule has 1 aromatic carbocycles. The van der Waals surface area contributed by atoms with Crippen molar-refractivity contribution in [1.29, 1.82) is 0 Å². The van der Waals surface area contributed by atoms with Crippen molar-refractivity contribution in [2.45, 2.75) is 65.7 Å². The van der Waals surface area contributed by atoms with Crippen LogP contribution in [0.5, 0.6) is 5.88 Å². The van der Waals surface area contributed by atoms with E-state index in [1.54, 1.807) is 19.4 Å². The van der Waals surface area contributed by atoms with Crippen molar-refractivity contribution in [3.05, 3.63) is 60.6 Å². The number of anilines is 1. The second kappa shape index (κ2) is 15.1. The first kappa shape index (κ1) is 33.5. The summed E-state index contributed by atoms with van der Waals surface area (Å²) in [7, 11) is 1.55. The molecule has 0 saturated heterocycles. The van der Waals surface area contributed by atoms with Gasteiger partial charge in [0.2, 0.25) is 5.88 Å². The maximum Gasteiger partial charge on any atom is 0.321 e. The number of nitrogens with zero attached hydrogens (tertiary/aromatic N) is 4. The van der Waals surface area contributed by atoms with Gasteiger partial charge >= 0.3 is 12.0 Å². The van der Waals surface area contributed by atoms with Crippen LogP contribution in [-0.2, 0) is 4.79 Å². The quantitative estimate of drug-likeness (QED) is 0.105. The van der Waals surface area contributed by atoms with Gasteiger partial charge in [0.05, 0.1) is 28.4 Å². The highest BCUT2D eigenvalue weighted by Crippen LogP contribution is 2.42. The van der Waals surface area contributed by atoms with Crippen LogP contribution in [0.1, 0.15) is 71.3 Å². The van der Waals surface area contributed by atoms with Gasteiger partial charge in [-0.3, -0.25) is 15.1 Å². The topological polar surface area (TPSA) is 139 Å². The number of carbonyl (C=O) groups is 2. The average molecular weight is 631 g/mol. The zero-order valence-corrected chi connectivity index (χ0v) is 27.3. The van der Waals surface area contributed by atoms with E-state index in [0.29, 0.717) is 53.9 Å². The van der Waals surface area contributed by atoms with Crippen LogP contribution in [0.2, 0.25) is 0 Å². The molecular weight excluding hydrogens is 588 g/mol. The largest absolute Gasteiger partial charge is 0.481 e. The Balaban J connectivity index is 1.66. The Hall–Kier alpha value is -4.38. The van der Waals surface area contributed by atoms with Crippen LogP contribution in [0.4, 0.5) is 9.93 Å². The van der Waals surface area contributed by atoms with Gasteiger partial charge < -0.3 is 15.2 Å². The summed E-state index contributed by atoms with van der Waals surface area (Å²) in [5, 5.41) is 15.9. The van der Waals surface area contributed by atoms with Gasteiger partial charge in [-0.15, -0.1) is 0 Å². The molecule has 1 aliphatic carbocycles. The Bertz CT molecular complexity index is 1640. The predicted molar refractivity (Wildman–Crippen MR) is 182 cm³/mol. The summed E-state index contributed by atoms with van der Waals surface area (Å²) in [6.45, 7) is 14.6. The number of aromatic nitrogens is 3. The summed E-state index contributed by atoms with van der Waals surface area (Å²) in [5.41, 5.74) is 4.77. The number of hydrogen-bond donors (Lipinski definition) is 3. The lowest BCUT2D eigenvalue weighted by Crippen LogP contribution is -2.29. The molecule has 1 aliphatic rings. The molecule has 3 aromatic rings. The van der Waals surface area contributed by atoms with Crippen LogP contribution in [0.15, 0.2) is 60.0 Å². The van der Waals surface area contributed by atoms with Gasteiger partial charge in [0.25, 0.3) is 0 Å². The number of carboxylic acid groups (broad SMARTS) is 1. The summed E-state index contributed by atoms with van der Waals surface area (Å²) in [5.74, 6) is 0.0935. The minimum atomic E-state index is -0.680. The first-order valence-electron chi connectivity index (χ1n) is 15.3. The summed E-state index contributed by atoms with van der Waals surface area (Å²) >= 11 is 1.36. The van der Waals surface area contributed by atoms with E-state index >= 15 is 0 Å². The molecule has 0 aliphatic heterocycles. The first-order valence-corrected chi connectivity index (χ1v) is 16.1. The molecule has 10 nitrogen and oxygen atoms in total. The number of carbonyl (C=O) groups excluding carboxylic acids is 1. The molecule has 0 spiro atoms. The summed E-state index contributed by atoms with van der Waals surface area (Å²) < 4.78 is 6.20. The lowest BCUT2D eigenvalue weighted by atomic mass is 9.78. The highest BCUT2D eigenvalue weighted by Gasteiger charge is 2.38. The molecule has 2 atom stereocenters. The fourth-order valence-corrected chi connectivity index (χ4v) is 6.72. The van der Waals surface area contributed by atoms with Crippen molar-refractivity contribution >= 4 is 50.5 Å². The molecule has 3 N–H and O–H groups in total. The molecule has 2 amide bonds. The van der Waals surface area contributed by atoms with Crippen LogP contribution in [0.3, 0.4) is 0 Å². The third kappa shape index (κ3) is 8.42. The number of aliphatic carboxylic acids is 1. The molecule has 0 radical (unpaired) electrons. The number of benzene rings is 1. The van der Waals surface area contributed by atoms with E-state index in [1.807, 2.05) is 39.0 Å². The monoisotopic (exact) mass is 630 g/mol. The second-order valence-corrected chi connectivity index (χ2v) is 12.5. The van der Waals surface area contributed by atoms with Gasteiger partial charge in [0.1, 0.15) is 6.33 Å². The zero-order chi connectivity index (χ0) is 32.6. The number of fused-ring (bicyclic) bond motifs is 1. The third-order valence-corrected chi connectivity index (χ3v) is 9.27.